The molecule has 1 saturated heterocycles. The van der Waals surface area contributed by atoms with Gasteiger partial charge in [-0.25, -0.2) is 0 Å². The molecule has 0 aromatic carbocycles. The molecular formula is C13H28O2Si. The van der Waals surface area contributed by atoms with Crippen molar-refractivity contribution in [2.45, 2.75) is 77.3 Å². The topological polar surface area (TPSA) is 29.5 Å². The summed E-state index contributed by atoms with van der Waals surface area (Å²) in [5, 5.41) is 10.3. The Bertz CT molecular complexity index is 248. The molecule has 0 amide bonds. The van der Waals surface area contributed by atoms with E-state index >= 15 is 0 Å². The zero-order chi connectivity index (χ0) is 12.9. The maximum Gasteiger partial charge on any atom is 0.210 e. The largest absolute Gasteiger partial charge is 0.391 e. The Morgan fingerprint density at radius 2 is 1.31 bits per heavy atom. The Hall–Kier alpha value is 0.137. The lowest BCUT2D eigenvalue weighted by Crippen LogP contribution is -2.55. The summed E-state index contributed by atoms with van der Waals surface area (Å²) in [4.78, 5) is 0. The lowest BCUT2D eigenvalue weighted by molar-refractivity contribution is -0.0414. The van der Waals surface area contributed by atoms with Gasteiger partial charge in [-0.2, -0.15) is 0 Å². The van der Waals surface area contributed by atoms with Gasteiger partial charge < -0.3 is 9.53 Å². The van der Waals surface area contributed by atoms with E-state index in [1.54, 1.807) is 0 Å². The van der Waals surface area contributed by atoms with Gasteiger partial charge >= 0.3 is 0 Å². The Morgan fingerprint density at radius 3 is 1.44 bits per heavy atom. The molecule has 3 atom stereocenters. The van der Waals surface area contributed by atoms with E-state index in [9.17, 15) is 5.11 Å². The predicted molar refractivity (Wildman–Crippen MR) is 70.9 cm³/mol. The van der Waals surface area contributed by atoms with E-state index < -0.39 is 14.6 Å². The van der Waals surface area contributed by atoms with Crippen molar-refractivity contribution in [1.29, 1.82) is 0 Å². The summed E-state index contributed by atoms with van der Waals surface area (Å²) in [5.41, 5.74) is 0.488. The second kappa shape index (κ2) is 3.82. The molecule has 0 aromatic heterocycles. The van der Waals surface area contributed by atoms with Crippen molar-refractivity contribution < 1.29 is 9.53 Å². The fraction of sp³-hybridized carbons (Fsp3) is 1.00. The molecule has 0 spiro atoms. The van der Waals surface area contributed by atoms with Crippen LogP contribution in [0, 0.1) is 5.92 Å². The highest BCUT2D eigenvalue weighted by molar-refractivity contribution is 6.81. The van der Waals surface area contributed by atoms with Crippen LogP contribution in [0.3, 0.4) is 0 Å². The molecule has 3 heteroatoms. The van der Waals surface area contributed by atoms with Gasteiger partial charge in [0, 0.05) is 5.92 Å². The van der Waals surface area contributed by atoms with Gasteiger partial charge in [0.2, 0.25) is 8.32 Å². The van der Waals surface area contributed by atoms with Crippen LogP contribution in [0.15, 0.2) is 0 Å². The normalized spacial score (nSPS) is 35.4. The SMILES string of the molecule is C[C@H]1[C@H](O)O[Si](C(C)(C)C)(C(C)(C)C)[C@@H]1C. The number of rotatable bonds is 0. The summed E-state index contributed by atoms with van der Waals surface area (Å²) in [6, 6.07) is 0. The molecule has 1 aliphatic rings. The van der Waals surface area contributed by atoms with Crippen molar-refractivity contribution in [1.82, 2.24) is 0 Å². The van der Waals surface area contributed by atoms with E-state index in [0.29, 0.717) is 5.54 Å². The van der Waals surface area contributed by atoms with E-state index in [1.807, 2.05) is 0 Å². The van der Waals surface area contributed by atoms with Crippen LogP contribution in [-0.4, -0.2) is 19.7 Å². The van der Waals surface area contributed by atoms with Crippen LogP contribution in [0.4, 0.5) is 0 Å². The van der Waals surface area contributed by atoms with Crippen LogP contribution in [0.1, 0.15) is 55.4 Å². The van der Waals surface area contributed by atoms with E-state index in [0.717, 1.165) is 0 Å². The van der Waals surface area contributed by atoms with Gasteiger partial charge in [-0.15, -0.1) is 0 Å². The summed E-state index contributed by atoms with van der Waals surface area (Å²) in [6.45, 7) is 18.0. The van der Waals surface area contributed by atoms with Crippen molar-refractivity contribution in [2.24, 2.45) is 5.92 Å². The number of aliphatic hydroxyl groups excluding tert-OH is 1. The van der Waals surface area contributed by atoms with Crippen LogP contribution in [0.25, 0.3) is 0 Å². The first kappa shape index (κ1) is 14.2. The molecule has 1 aliphatic heterocycles. The first-order valence-electron chi connectivity index (χ1n) is 6.31. The molecule has 1 heterocycles. The van der Waals surface area contributed by atoms with Crippen LogP contribution >= 0.6 is 0 Å². The van der Waals surface area contributed by atoms with E-state index in [1.165, 1.54) is 0 Å². The van der Waals surface area contributed by atoms with E-state index in [-0.39, 0.29) is 16.0 Å². The third-order valence-electron chi connectivity index (χ3n) is 4.41. The van der Waals surface area contributed by atoms with Crippen molar-refractivity contribution in [3.63, 3.8) is 0 Å². The molecule has 96 valence electrons. The minimum Gasteiger partial charge on any atom is -0.391 e. The third-order valence-corrected chi connectivity index (χ3v) is 11.3. The van der Waals surface area contributed by atoms with Gasteiger partial charge in [-0.3, -0.25) is 0 Å². The zero-order valence-corrected chi connectivity index (χ0v) is 13.1. The van der Waals surface area contributed by atoms with Crippen molar-refractivity contribution >= 4 is 8.32 Å². The monoisotopic (exact) mass is 244 g/mol. The molecule has 0 aliphatic carbocycles. The van der Waals surface area contributed by atoms with Crippen molar-refractivity contribution in [2.75, 3.05) is 0 Å². The third kappa shape index (κ3) is 1.77. The Kier molecular flexibility index (Phi) is 3.39. The maximum atomic E-state index is 10.0. The molecule has 0 unspecified atom stereocenters. The molecule has 0 aromatic rings. The maximum absolute atomic E-state index is 10.0. The lowest BCUT2D eigenvalue weighted by Gasteiger charge is -2.50. The Morgan fingerprint density at radius 1 is 0.938 bits per heavy atom. The molecule has 16 heavy (non-hydrogen) atoms. The Labute approximate surface area is 102 Å². The summed E-state index contributed by atoms with van der Waals surface area (Å²) >= 11 is 0. The average Bonchev–Trinajstić information content (AvgIpc) is 2.27. The molecule has 1 fully saturated rings. The molecule has 0 bridgehead atoms. The Balaban J connectivity index is 3.29. The average molecular weight is 244 g/mol. The molecule has 2 nitrogen and oxygen atoms in total. The van der Waals surface area contributed by atoms with Crippen LogP contribution in [0.5, 0.6) is 0 Å². The van der Waals surface area contributed by atoms with Crippen LogP contribution in [0.2, 0.25) is 15.6 Å². The van der Waals surface area contributed by atoms with Crippen LogP contribution < -0.4 is 0 Å². The minimum absolute atomic E-state index is 0.149. The van der Waals surface area contributed by atoms with Gasteiger partial charge in [0.25, 0.3) is 0 Å². The van der Waals surface area contributed by atoms with Crippen LogP contribution in [-0.2, 0) is 4.43 Å². The minimum atomic E-state index is -2.02. The number of aliphatic hydroxyl groups is 1. The first-order valence-corrected chi connectivity index (χ1v) is 8.29. The van der Waals surface area contributed by atoms with Crippen molar-refractivity contribution in [3.05, 3.63) is 0 Å². The molecule has 0 radical (unpaired) electrons. The van der Waals surface area contributed by atoms with Gasteiger partial charge in [0.15, 0.2) is 0 Å². The zero-order valence-electron chi connectivity index (χ0n) is 12.1. The highest BCUT2D eigenvalue weighted by atomic mass is 28.4. The predicted octanol–water partition coefficient (Wildman–Crippen LogP) is 3.91. The molecular weight excluding hydrogens is 216 g/mol. The number of hydrogen-bond donors (Lipinski definition) is 1. The summed E-state index contributed by atoms with van der Waals surface area (Å²) < 4.78 is 6.20. The number of hydrogen-bond acceptors (Lipinski definition) is 2. The smallest absolute Gasteiger partial charge is 0.210 e. The second-order valence-electron chi connectivity index (χ2n) is 7.39. The fourth-order valence-corrected chi connectivity index (χ4v) is 11.3. The van der Waals surface area contributed by atoms with Gasteiger partial charge in [-0.05, 0) is 15.6 Å². The highest BCUT2D eigenvalue weighted by Gasteiger charge is 2.64. The van der Waals surface area contributed by atoms with Crippen molar-refractivity contribution in [3.8, 4) is 0 Å². The lowest BCUT2D eigenvalue weighted by atomic mass is 10.1. The fourth-order valence-electron chi connectivity index (χ4n) is 3.87. The molecule has 0 saturated carbocycles. The molecule has 1 rings (SSSR count). The van der Waals surface area contributed by atoms with E-state index in [2.05, 4.69) is 55.4 Å². The van der Waals surface area contributed by atoms with Gasteiger partial charge in [0.1, 0.15) is 6.29 Å². The standard InChI is InChI=1S/C13H28O2Si/c1-9-10(2)16(12(3,4)5,13(6,7)8)15-11(9)14/h9-11,14H,1-8H3/t9-,10-,11-/m1/s1. The van der Waals surface area contributed by atoms with E-state index in [4.69, 9.17) is 4.43 Å². The molecule has 1 N–H and O–H groups in total. The quantitative estimate of drug-likeness (QED) is 0.655. The summed E-state index contributed by atoms with van der Waals surface area (Å²) in [6.07, 6.45) is -0.569. The highest BCUT2D eigenvalue weighted by Crippen LogP contribution is 2.62. The summed E-state index contributed by atoms with van der Waals surface area (Å²) in [7, 11) is -2.02. The first-order chi connectivity index (χ1) is 6.95. The second-order valence-corrected chi connectivity index (χ2v) is 13.0. The van der Waals surface area contributed by atoms with Gasteiger partial charge in [-0.1, -0.05) is 55.4 Å². The summed E-state index contributed by atoms with van der Waals surface area (Å²) in [5.74, 6) is 0.255. The van der Waals surface area contributed by atoms with Gasteiger partial charge in [0.05, 0.1) is 0 Å².